The van der Waals surface area contributed by atoms with Gasteiger partial charge in [0.2, 0.25) is 5.91 Å². The summed E-state index contributed by atoms with van der Waals surface area (Å²) in [6.07, 6.45) is 3.75. The maximum Gasteiger partial charge on any atom is 0.274 e. The second-order valence-corrected chi connectivity index (χ2v) is 7.06. The lowest BCUT2D eigenvalue weighted by Gasteiger charge is -2.49. The van der Waals surface area contributed by atoms with E-state index in [-0.39, 0.29) is 28.6 Å². The maximum atomic E-state index is 12.8. The molecule has 26 heavy (non-hydrogen) atoms. The maximum absolute atomic E-state index is 12.8. The summed E-state index contributed by atoms with van der Waals surface area (Å²) in [4.78, 5) is 42.2. The minimum absolute atomic E-state index is 0.140. The van der Waals surface area contributed by atoms with Crippen LogP contribution in [0.1, 0.15) is 29.8 Å². The van der Waals surface area contributed by atoms with Gasteiger partial charge >= 0.3 is 0 Å². The molecule has 0 saturated carbocycles. The highest BCUT2D eigenvalue weighted by atomic mass is 16.2. The van der Waals surface area contributed by atoms with E-state index >= 15 is 0 Å². The number of aromatic nitrogens is 2. The van der Waals surface area contributed by atoms with Gasteiger partial charge in [0.25, 0.3) is 11.5 Å². The number of rotatable bonds is 3. The van der Waals surface area contributed by atoms with Gasteiger partial charge in [-0.25, -0.2) is 5.10 Å². The van der Waals surface area contributed by atoms with Crippen molar-refractivity contribution in [1.82, 2.24) is 24.9 Å². The van der Waals surface area contributed by atoms with Gasteiger partial charge in [-0.1, -0.05) is 6.08 Å². The van der Waals surface area contributed by atoms with E-state index in [0.717, 1.165) is 19.4 Å². The average molecular weight is 359 g/mol. The van der Waals surface area contributed by atoms with E-state index in [1.54, 1.807) is 11.0 Å². The van der Waals surface area contributed by atoms with Crippen molar-refractivity contribution in [3.05, 3.63) is 40.8 Å². The Kier molecular flexibility index (Phi) is 5.22. The summed E-state index contributed by atoms with van der Waals surface area (Å²) < 4.78 is 0. The highest BCUT2D eigenvalue weighted by Gasteiger charge is 2.43. The van der Waals surface area contributed by atoms with Gasteiger partial charge in [0.05, 0.1) is 0 Å². The molecule has 2 aliphatic rings. The van der Waals surface area contributed by atoms with Gasteiger partial charge in [0.1, 0.15) is 5.69 Å². The van der Waals surface area contributed by atoms with Gasteiger partial charge in [-0.05, 0) is 26.0 Å². The molecule has 1 atom stereocenters. The van der Waals surface area contributed by atoms with Crippen LogP contribution < -0.4 is 5.56 Å². The molecular weight excluding hydrogens is 334 g/mol. The van der Waals surface area contributed by atoms with Crippen molar-refractivity contribution < 1.29 is 9.59 Å². The number of aromatic amines is 1. The van der Waals surface area contributed by atoms with Crippen LogP contribution in [0.4, 0.5) is 0 Å². The van der Waals surface area contributed by atoms with Crippen molar-refractivity contribution in [2.45, 2.75) is 24.8 Å². The number of likely N-dealkylation sites (N-methyl/N-ethyl adjacent to an activating group) is 1. The standard InChI is InChI=1S/C18H25N5O3/c1-3-9-22-10-8-18(7-6-16(22)25)13-23(12-11-21(18)2)17(26)14-4-5-15(24)20-19-14/h3-5H,1,6-13H2,2H3,(H,20,24)/t18-/m0/s1. The average Bonchev–Trinajstić information content (AvgIpc) is 2.79. The van der Waals surface area contributed by atoms with Crippen LogP contribution in [0.2, 0.25) is 0 Å². The van der Waals surface area contributed by atoms with E-state index in [1.807, 2.05) is 4.90 Å². The fraction of sp³-hybridized carbons (Fsp3) is 0.556. The van der Waals surface area contributed by atoms with Crippen molar-refractivity contribution in [2.24, 2.45) is 0 Å². The normalized spacial score (nSPS) is 24.6. The molecule has 1 aromatic rings. The van der Waals surface area contributed by atoms with Crippen LogP contribution in [0.5, 0.6) is 0 Å². The zero-order chi connectivity index (χ0) is 18.7. The molecule has 8 nitrogen and oxygen atoms in total. The zero-order valence-corrected chi connectivity index (χ0v) is 15.1. The Labute approximate surface area is 152 Å². The quantitative estimate of drug-likeness (QED) is 0.773. The van der Waals surface area contributed by atoms with E-state index in [9.17, 15) is 14.4 Å². The van der Waals surface area contributed by atoms with Gasteiger partial charge in [-0.2, -0.15) is 5.10 Å². The van der Waals surface area contributed by atoms with Crippen LogP contribution in [-0.2, 0) is 4.79 Å². The monoisotopic (exact) mass is 359 g/mol. The highest BCUT2D eigenvalue weighted by molar-refractivity contribution is 5.92. The fourth-order valence-electron chi connectivity index (χ4n) is 3.84. The summed E-state index contributed by atoms with van der Waals surface area (Å²) in [7, 11) is 2.06. The SMILES string of the molecule is C=CCN1CC[C@@]2(CCC1=O)CN(C(=O)c1ccc(=O)[nH]n1)CCN2C. The third-order valence-electron chi connectivity index (χ3n) is 5.54. The molecule has 0 bridgehead atoms. The number of hydrogen-bond acceptors (Lipinski definition) is 5. The van der Waals surface area contributed by atoms with Crippen LogP contribution in [0.3, 0.4) is 0 Å². The number of hydrogen-bond donors (Lipinski definition) is 1. The van der Waals surface area contributed by atoms with E-state index in [2.05, 4.69) is 28.7 Å². The number of likely N-dealkylation sites (tertiary alicyclic amines) is 1. The molecule has 2 fully saturated rings. The largest absolute Gasteiger partial charge is 0.339 e. The van der Waals surface area contributed by atoms with Crippen LogP contribution in [0, 0.1) is 0 Å². The van der Waals surface area contributed by atoms with Crippen molar-refractivity contribution in [3.8, 4) is 0 Å². The highest BCUT2D eigenvalue weighted by Crippen LogP contribution is 2.32. The van der Waals surface area contributed by atoms with E-state index in [0.29, 0.717) is 32.6 Å². The van der Waals surface area contributed by atoms with Crippen molar-refractivity contribution in [2.75, 3.05) is 39.8 Å². The van der Waals surface area contributed by atoms with E-state index < -0.39 is 0 Å². The molecule has 0 radical (unpaired) electrons. The van der Waals surface area contributed by atoms with E-state index in [1.165, 1.54) is 12.1 Å². The van der Waals surface area contributed by atoms with Gasteiger partial charge in [-0.3, -0.25) is 19.3 Å². The number of H-pyrrole nitrogens is 1. The second-order valence-electron chi connectivity index (χ2n) is 7.06. The number of carbonyl (C=O) groups excluding carboxylic acids is 2. The Balaban J connectivity index is 1.78. The summed E-state index contributed by atoms with van der Waals surface area (Å²) in [6, 6.07) is 2.76. The molecule has 8 heteroatoms. The predicted octanol–water partition coefficient (Wildman–Crippen LogP) is 0.0948. The number of amides is 2. The molecule has 3 heterocycles. The van der Waals surface area contributed by atoms with Crippen LogP contribution in [-0.4, -0.2) is 82.0 Å². The lowest BCUT2D eigenvalue weighted by atomic mass is 9.86. The molecule has 2 saturated heterocycles. The summed E-state index contributed by atoms with van der Waals surface area (Å²) >= 11 is 0. The predicted molar refractivity (Wildman–Crippen MR) is 96.8 cm³/mol. The molecule has 1 aromatic heterocycles. The Morgan fingerprint density at radius 3 is 2.81 bits per heavy atom. The molecule has 1 N–H and O–H groups in total. The Morgan fingerprint density at radius 1 is 1.31 bits per heavy atom. The molecule has 0 aliphatic carbocycles. The first-order valence-electron chi connectivity index (χ1n) is 8.90. The summed E-state index contributed by atoms with van der Waals surface area (Å²) in [6.45, 7) is 6.84. The fourth-order valence-corrected chi connectivity index (χ4v) is 3.84. The lowest BCUT2D eigenvalue weighted by molar-refractivity contribution is -0.130. The van der Waals surface area contributed by atoms with Gasteiger partial charge in [-0.15, -0.1) is 6.58 Å². The van der Waals surface area contributed by atoms with Crippen molar-refractivity contribution in [3.63, 3.8) is 0 Å². The second kappa shape index (κ2) is 7.41. The molecule has 2 amide bonds. The van der Waals surface area contributed by atoms with Crippen LogP contribution in [0.25, 0.3) is 0 Å². The smallest absolute Gasteiger partial charge is 0.274 e. The van der Waals surface area contributed by atoms with E-state index in [4.69, 9.17) is 0 Å². The topological polar surface area (TPSA) is 89.6 Å². The number of carbonyl (C=O) groups is 2. The molecule has 0 unspecified atom stereocenters. The molecule has 2 aliphatic heterocycles. The first-order valence-corrected chi connectivity index (χ1v) is 8.90. The summed E-state index contributed by atoms with van der Waals surface area (Å²) in [5.41, 5.74) is -0.315. The molecule has 0 aromatic carbocycles. The Bertz CT molecular complexity index is 741. The minimum Gasteiger partial charge on any atom is -0.339 e. The van der Waals surface area contributed by atoms with Crippen molar-refractivity contribution >= 4 is 11.8 Å². The number of nitrogens with one attached hydrogen (secondary N) is 1. The van der Waals surface area contributed by atoms with Crippen molar-refractivity contribution in [1.29, 1.82) is 0 Å². The molecular formula is C18H25N5O3. The zero-order valence-electron chi connectivity index (χ0n) is 15.1. The van der Waals surface area contributed by atoms with Gasteiger partial charge < -0.3 is 9.80 Å². The third kappa shape index (κ3) is 3.55. The first kappa shape index (κ1) is 18.3. The van der Waals surface area contributed by atoms with Crippen LogP contribution >= 0.6 is 0 Å². The van der Waals surface area contributed by atoms with Gasteiger partial charge in [0.15, 0.2) is 0 Å². The Hall–Kier alpha value is -2.48. The number of piperazine rings is 1. The molecule has 140 valence electrons. The first-order chi connectivity index (χ1) is 12.4. The Morgan fingerprint density at radius 2 is 2.12 bits per heavy atom. The van der Waals surface area contributed by atoms with Gasteiger partial charge in [0, 0.05) is 50.7 Å². The minimum atomic E-state index is -0.332. The number of nitrogens with zero attached hydrogens (tertiary/aromatic N) is 4. The molecule has 1 spiro atoms. The summed E-state index contributed by atoms with van der Waals surface area (Å²) in [5, 5.41) is 6.17. The lowest BCUT2D eigenvalue weighted by Crippen LogP contribution is -2.62. The third-order valence-corrected chi connectivity index (χ3v) is 5.54. The summed E-state index contributed by atoms with van der Waals surface area (Å²) in [5.74, 6) is -0.0480. The molecule has 3 rings (SSSR count). The van der Waals surface area contributed by atoms with Crippen LogP contribution in [0.15, 0.2) is 29.6 Å².